The molecule has 5 nitrogen and oxygen atoms in total. The van der Waals surface area contributed by atoms with Gasteiger partial charge in [0.1, 0.15) is 12.6 Å². The average molecular weight is 373 g/mol. The Hall–Kier alpha value is -3.44. The molecule has 5 heteroatoms. The smallest absolute Gasteiger partial charge is 0.335 e. The van der Waals surface area contributed by atoms with Crippen LogP contribution in [-0.4, -0.2) is 23.7 Å². The zero-order chi connectivity index (χ0) is 19.7. The van der Waals surface area contributed by atoms with Crippen molar-refractivity contribution in [2.75, 3.05) is 6.61 Å². The Balaban J connectivity index is 1.52. The predicted molar refractivity (Wildman–Crippen MR) is 105 cm³/mol. The minimum Gasteiger partial charge on any atom is -0.478 e. The standard InChI is InChI=1S/C23H19NO4/c24-21(14-6-5-7-15(12-14)22(25)26)23(27)28-13-20-18-10-3-1-8-16(18)17-9-2-4-11-19(17)20/h1-12,20-21H,13,24H2,(H,25,26). The molecule has 0 amide bonds. The van der Waals surface area contributed by atoms with Crippen molar-refractivity contribution in [3.05, 3.63) is 95.1 Å². The summed E-state index contributed by atoms with van der Waals surface area (Å²) in [6.07, 6.45) is 0. The van der Waals surface area contributed by atoms with Crippen molar-refractivity contribution in [3.8, 4) is 11.1 Å². The van der Waals surface area contributed by atoms with E-state index in [9.17, 15) is 9.59 Å². The summed E-state index contributed by atoms with van der Waals surface area (Å²) in [6, 6.07) is 21.2. The lowest BCUT2D eigenvalue weighted by molar-refractivity contribution is -0.145. The highest BCUT2D eigenvalue weighted by Crippen LogP contribution is 2.44. The fraction of sp³-hybridized carbons (Fsp3) is 0.130. The van der Waals surface area contributed by atoms with Crippen LogP contribution in [0.5, 0.6) is 0 Å². The lowest BCUT2D eigenvalue weighted by Gasteiger charge is -2.17. The zero-order valence-electron chi connectivity index (χ0n) is 15.0. The molecule has 1 unspecified atom stereocenters. The van der Waals surface area contributed by atoms with Crippen LogP contribution in [0.25, 0.3) is 11.1 Å². The number of aromatic carboxylic acids is 1. The van der Waals surface area contributed by atoms with Gasteiger partial charge in [-0.2, -0.15) is 0 Å². The van der Waals surface area contributed by atoms with Crippen LogP contribution in [0.2, 0.25) is 0 Å². The molecule has 4 rings (SSSR count). The highest BCUT2D eigenvalue weighted by atomic mass is 16.5. The highest BCUT2D eigenvalue weighted by molar-refractivity contribution is 5.88. The lowest BCUT2D eigenvalue weighted by Crippen LogP contribution is -2.25. The number of carboxylic acids is 1. The number of fused-ring (bicyclic) bond motifs is 3. The molecular formula is C23H19NO4. The van der Waals surface area contributed by atoms with E-state index in [1.807, 2.05) is 36.4 Å². The summed E-state index contributed by atoms with van der Waals surface area (Å²) in [6.45, 7) is 0.180. The van der Waals surface area contributed by atoms with Crippen molar-refractivity contribution in [1.82, 2.24) is 0 Å². The Labute approximate surface area is 162 Å². The van der Waals surface area contributed by atoms with Crippen LogP contribution in [0.4, 0.5) is 0 Å². The second-order valence-electron chi connectivity index (χ2n) is 6.77. The number of esters is 1. The summed E-state index contributed by atoms with van der Waals surface area (Å²) in [4.78, 5) is 23.6. The van der Waals surface area contributed by atoms with Crippen LogP contribution in [0.15, 0.2) is 72.8 Å². The number of carbonyl (C=O) groups is 2. The molecule has 1 aliphatic rings. The third kappa shape index (κ3) is 3.17. The number of rotatable bonds is 5. The van der Waals surface area contributed by atoms with Crippen molar-refractivity contribution >= 4 is 11.9 Å². The Morgan fingerprint density at radius 3 is 2.14 bits per heavy atom. The molecule has 0 saturated carbocycles. The summed E-state index contributed by atoms with van der Waals surface area (Å²) < 4.78 is 5.54. The summed E-state index contributed by atoms with van der Waals surface area (Å²) in [5, 5.41) is 9.11. The molecule has 0 fully saturated rings. The van der Waals surface area contributed by atoms with Gasteiger partial charge >= 0.3 is 11.9 Å². The Morgan fingerprint density at radius 2 is 1.54 bits per heavy atom. The molecule has 0 saturated heterocycles. The van der Waals surface area contributed by atoms with Crippen molar-refractivity contribution in [3.63, 3.8) is 0 Å². The Kier molecular flexibility index (Phi) is 4.67. The number of carboxylic acid groups (broad SMARTS) is 1. The van der Waals surface area contributed by atoms with Crippen molar-refractivity contribution in [2.24, 2.45) is 5.73 Å². The first-order valence-electron chi connectivity index (χ1n) is 9.00. The summed E-state index contributed by atoms with van der Waals surface area (Å²) in [5.74, 6) is -1.69. The van der Waals surface area contributed by atoms with Crippen LogP contribution < -0.4 is 5.73 Å². The largest absolute Gasteiger partial charge is 0.478 e. The molecule has 3 aromatic rings. The molecule has 3 aromatic carbocycles. The van der Waals surface area contributed by atoms with Gasteiger partial charge in [-0.15, -0.1) is 0 Å². The van der Waals surface area contributed by atoms with Crippen LogP contribution in [0.3, 0.4) is 0 Å². The maximum atomic E-state index is 12.5. The van der Waals surface area contributed by atoms with E-state index >= 15 is 0 Å². The second kappa shape index (κ2) is 7.29. The van der Waals surface area contributed by atoms with E-state index in [-0.39, 0.29) is 18.1 Å². The van der Waals surface area contributed by atoms with Crippen molar-refractivity contribution in [2.45, 2.75) is 12.0 Å². The molecule has 0 aromatic heterocycles. The first-order valence-corrected chi connectivity index (χ1v) is 9.00. The first-order chi connectivity index (χ1) is 13.6. The van der Waals surface area contributed by atoms with Crippen molar-refractivity contribution in [1.29, 1.82) is 0 Å². The fourth-order valence-corrected chi connectivity index (χ4v) is 3.70. The van der Waals surface area contributed by atoms with E-state index in [0.717, 1.165) is 22.3 Å². The molecule has 0 radical (unpaired) electrons. The van der Waals surface area contributed by atoms with Gasteiger partial charge in [0.15, 0.2) is 0 Å². The van der Waals surface area contributed by atoms with Gasteiger partial charge in [-0.25, -0.2) is 9.59 Å². The number of hydrogen-bond acceptors (Lipinski definition) is 4. The molecule has 1 atom stereocenters. The van der Waals surface area contributed by atoms with Gasteiger partial charge in [0.05, 0.1) is 5.56 Å². The Bertz CT molecular complexity index is 1010. The summed E-state index contributed by atoms with van der Waals surface area (Å²) in [5.41, 5.74) is 11.1. The van der Waals surface area contributed by atoms with E-state index in [1.165, 1.54) is 12.1 Å². The zero-order valence-corrected chi connectivity index (χ0v) is 15.0. The average Bonchev–Trinajstić information content (AvgIpc) is 3.05. The topological polar surface area (TPSA) is 89.6 Å². The van der Waals surface area contributed by atoms with Gasteiger partial charge in [-0.05, 0) is 39.9 Å². The van der Waals surface area contributed by atoms with E-state index in [1.54, 1.807) is 12.1 Å². The molecule has 140 valence electrons. The number of hydrogen-bond donors (Lipinski definition) is 2. The van der Waals surface area contributed by atoms with E-state index in [4.69, 9.17) is 15.6 Å². The number of benzene rings is 3. The van der Waals surface area contributed by atoms with Gasteiger partial charge in [-0.1, -0.05) is 60.7 Å². The molecule has 28 heavy (non-hydrogen) atoms. The quantitative estimate of drug-likeness (QED) is 0.665. The minimum absolute atomic E-state index is 0.0473. The van der Waals surface area contributed by atoms with E-state index in [2.05, 4.69) is 12.1 Å². The predicted octanol–water partition coefficient (Wildman–Crippen LogP) is 3.74. The first kappa shape index (κ1) is 17.9. The van der Waals surface area contributed by atoms with Crippen LogP contribution in [-0.2, 0) is 9.53 Å². The second-order valence-corrected chi connectivity index (χ2v) is 6.77. The minimum atomic E-state index is -1.07. The van der Waals surface area contributed by atoms with Gasteiger partial charge in [0, 0.05) is 5.92 Å². The number of ether oxygens (including phenoxy) is 1. The number of nitrogens with two attached hydrogens (primary N) is 1. The number of carbonyl (C=O) groups excluding carboxylic acids is 1. The normalized spacial score (nSPS) is 13.5. The molecule has 0 bridgehead atoms. The molecule has 0 aliphatic heterocycles. The van der Waals surface area contributed by atoms with Crippen LogP contribution in [0, 0.1) is 0 Å². The third-order valence-electron chi connectivity index (χ3n) is 5.10. The van der Waals surface area contributed by atoms with E-state index < -0.39 is 18.0 Å². The monoisotopic (exact) mass is 373 g/mol. The summed E-state index contributed by atoms with van der Waals surface area (Å²) in [7, 11) is 0. The van der Waals surface area contributed by atoms with Gasteiger partial charge in [-0.3, -0.25) is 0 Å². The maximum absolute atomic E-state index is 12.5. The van der Waals surface area contributed by atoms with Crippen LogP contribution >= 0.6 is 0 Å². The van der Waals surface area contributed by atoms with Crippen molar-refractivity contribution < 1.29 is 19.4 Å². The molecule has 0 heterocycles. The molecular weight excluding hydrogens is 354 g/mol. The lowest BCUT2D eigenvalue weighted by atomic mass is 9.98. The van der Waals surface area contributed by atoms with Gasteiger partial charge in [0.2, 0.25) is 0 Å². The molecule has 3 N–H and O–H groups in total. The fourth-order valence-electron chi connectivity index (χ4n) is 3.70. The molecule has 0 spiro atoms. The summed E-state index contributed by atoms with van der Waals surface area (Å²) >= 11 is 0. The highest BCUT2D eigenvalue weighted by Gasteiger charge is 2.30. The van der Waals surface area contributed by atoms with Gasteiger partial charge in [0.25, 0.3) is 0 Å². The van der Waals surface area contributed by atoms with E-state index in [0.29, 0.717) is 5.56 Å². The SMILES string of the molecule is NC(C(=O)OCC1c2ccccc2-c2ccccc21)c1cccc(C(=O)O)c1. The van der Waals surface area contributed by atoms with Gasteiger partial charge < -0.3 is 15.6 Å². The molecule has 1 aliphatic carbocycles. The third-order valence-corrected chi connectivity index (χ3v) is 5.10. The Morgan fingerprint density at radius 1 is 0.929 bits per heavy atom. The maximum Gasteiger partial charge on any atom is 0.335 e. The van der Waals surface area contributed by atoms with Crippen LogP contribution in [0.1, 0.15) is 39.0 Å².